The summed E-state index contributed by atoms with van der Waals surface area (Å²) in [4.78, 5) is 16.0. The molecule has 0 saturated heterocycles. The van der Waals surface area contributed by atoms with Crippen molar-refractivity contribution < 1.29 is 9.90 Å². The molecule has 0 aromatic heterocycles. The highest BCUT2D eigenvalue weighted by Gasteiger charge is 2.34. The largest absolute Gasteiger partial charge is 0.396 e. The molecule has 2 aromatic rings. The fourth-order valence-corrected chi connectivity index (χ4v) is 4.17. The highest BCUT2D eigenvalue weighted by Crippen LogP contribution is 2.44. The van der Waals surface area contributed by atoms with Gasteiger partial charge in [-0.3, -0.25) is 4.79 Å². The van der Waals surface area contributed by atoms with Crippen molar-refractivity contribution in [2.75, 3.05) is 6.61 Å². The van der Waals surface area contributed by atoms with Gasteiger partial charge in [0, 0.05) is 23.6 Å². The number of amides is 1. The summed E-state index contributed by atoms with van der Waals surface area (Å²) in [5, 5.41) is 9.13. The van der Waals surface area contributed by atoms with Gasteiger partial charge in [-0.15, -0.1) is 11.8 Å². The van der Waals surface area contributed by atoms with E-state index in [-0.39, 0.29) is 17.8 Å². The highest BCUT2D eigenvalue weighted by molar-refractivity contribution is 8.04. The Bertz CT molecular complexity index is 728. The zero-order chi connectivity index (χ0) is 16.9. The molecule has 4 heteroatoms. The third kappa shape index (κ3) is 3.55. The first-order chi connectivity index (χ1) is 11.7. The second kappa shape index (κ2) is 7.69. The molecule has 0 saturated carbocycles. The van der Waals surface area contributed by atoms with E-state index in [2.05, 4.69) is 0 Å². The van der Waals surface area contributed by atoms with Gasteiger partial charge in [0.1, 0.15) is 5.25 Å². The minimum absolute atomic E-state index is 0.0918. The molecule has 0 aliphatic carbocycles. The van der Waals surface area contributed by atoms with E-state index in [4.69, 9.17) is 0 Å². The summed E-state index contributed by atoms with van der Waals surface area (Å²) in [7, 11) is 0. The van der Waals surface area contributed by atoms with Crippen LogP contribution in [0, 0.1) is 0 Å². The molecule has 3 rings (SSSR count). The number of carbonyl (C=O) groups is 1. The molecule has 1 atom stereocenters. The molecule has 0 fully saturated rings. The van der Waals surface area contributed by atoms with Crippen molar-refractivity contribution in [1.29, 1.82) is 0 Å². The highest BCUT2D eigenvalue weighted by atomic mass is 32.2. The summed E-state index contributed by atoms with van der Waals surface area (Å²) in [5.41, 5.74) is 3.07. The van der Waals surface area contributed by atoms with Gasteiger partial charge in [0.2, 0.25) is 5.91 Å². The van der Waals surface area contributed by atoms with Gasteiger partial charge in [-0.2, -0.15) is 0 Å². The van der Waals surface area contributed by atoms with Crippen LogP contribution in [0.5, 0.6) is 0 Å². The van der Waals surface area contributed by atoms with Gasteiger partial charge in [-0.05, 0) is 18.1 Å². The molecule has 1 unspecified atom stereocenters. The standard InChI is InChI=1S/C20H21NO2S/c1-15-18(12-13-22)24-19(17-10-6-3-7-11-17)20(23)21(15)14-16-8-4-2-5-9-16/h2-11,19,22H,12-14H2,1H3. The van der Waals surface area contributed by atoms with E-state index in [0.29, 0.717) is 13.0 Å². The van der Waals surface area contributed by atoms with Crippen molar-refractivity contribution in [3.8, 4) is 0 Å². The normalized spacial score (nSPS) is 18.2. The predicted molar refractivity (Wildman–Crippen MR) is 98.2 cm³/mol. The molecule has 1 aliphatic rings. The molecular weight excluding hydrogens is 318 g/mol. The molecule has 0 radical (unpaired) electrons. The molecule has 1 N–H and O–H groups in total. The van der Waals surface area contributed by atoms with Crippen LogP contribution in [0.3, 0.4) is 0 Å². The molecule has 3 nitrogen and oxygen atoms in total. The van der Waals surface area contributed by atoms with Gasteiger partial charge in [0.15, 0.2) is 0 Å². The summed E-state index contributed by atoms with van der Waals surface area (Å²) in [6, 6.07) is 19.9. The van der Waals surface area contributed by atoms with E-state index in [1.165, 1.54) is 0 Å². The molecule has 1 heterocycles. The van der Waals surface area contributed by atoms with Crippen molar-refractivity contribution in [3.05, 3.63) is 82.4 Å². The van der Waals surface area contributed by atoms with Crippen LogP contribution in [0.4, 0.5) is 0 Å². The SMILES string of the molecule is CC1=C(CCO)SC(c2ccccc2)C(=O)N1Cc1ccccc1. The third-order valence-electron chi connectivity index (χ3n) is 4.18. The number of carbonyl (C=O) groups excluding carboxylic acids is 1. The number of rotatable bonds is 5. The van der Waals surface area contributed by atoms with E-state index in [1.807, 2.05) is 72.5 Å². The van der Waals surface area contributed by atoms with Crippen LogP contribution in [0.1, 0.15) is 29.7 Å². The number of hydrogen-bond acceptors (Lipinski definition) is 3. The average Bonchev–Trinajstić information content (AvgIpc) is 2.63. The lowest BCUT2D eigenvalue weighted by Crippen LogP contribution is -2.36. The summed E-state index contributed by atoms with van der Waals surface area (Å²) in [5.74, 6) is 0.106. The van der Waals surface area contributed by atoms with Crippen LogP contribution in [-0.4, -0.2) is 22.5 Å². The first-order valence-corrected chi connectivity index (χ1v) is 8.96. The van der Waals surface area contributed by atoms with E-state index in [9.17, 15) is 9.90 Å². The lowest BCUT2D eigenvalue weighted by molar-refractivity contribution is -0.129. The Morgan fingerprint density at radius 3 is 2.29 bits per heavy atom. The number of nitrogens with zero attached hydrogens (tertiary/aromatic N) is 1. The minimum atomic E-state index is -0.250. The Morgan fingerprint density at radius 2 is 1.67 bits per heavy atom. The van der Waals surface area contributed by atoms with Crippen LogP contribution in [-0.2, 0) is 11.3 Å². The average molecular weight is 339 g/mol. The molecule has 24 heavy (non-hydrogen) atoms. The number of thioether (sulfide) groups is 1. The van der Waals surface area contributed by atoms with Gasteiger partial charge in [0.05, 0.1) is 6.54 Å². The molecule has 1 amide bonds. The van der Waals surface area contributed by atoms with E-state index < -0.39 is 0 Å². The van der Waals surface area contributed by atoms with Crippen molar-refractivity contribution in [3.63, 3.8) is 0 Å². The Labute approximate surface area is 147 Å². The summed E-state index contributed by atoms with van der Waals surface area (Å²) < 4.78 is 0. The number of aliphatic hydroxyl groups excluding tert-OH is 1. The van der Waals surface area contributed by atoms with E-state index in [0.717, 1.165) is 21.7 Å². The Morgan fingerprint density at radius 1 is 1.04 bits per heavy atom. The summed E-state index contributed by atoms with van der Waals surface area (Å²) in [6.45, 7) is 2.62. The van der Waals surface area contributed by atoms with Gasteiger partial charge >= 0.3 is 0 Å². The fraction of sp³-hybridized carbons (Fsp3) is 0.250. The lowest BCUT2D eigenvalue weighted by Gasteiger charge is -2.35. The second-order valence-electron chi connectivity index (χ2n) is 5.80. The maximum atomic E-state index is 13.1. The molecule has 124 valence electrons. The number of allylic oxidation sites excluding steroid dienone is 1. The van der Waals surface area contributed by atoms with Crippen molar-refractivity contribution in [2.45, 2.75) is 25.1 Å². The van der Waals surface area contributed by atoms with Crippen LogP contribution in [0.25, 0.3) is 0 Å². The smallest absolute Gasteiger partial charge is 0.245 e. The molecule has 0 bridgehead atoms. The minimum Gasteiger partial charge on any atom is -0.396 e. The first-order valence-electron chi connectivity index (χ1n) is 8.08. The zero-order valence-electron chi connectivity index (χ0n) is 13.7. The van der Waals surface area contributed by atoms with E-state index >= 15 is 0 Å². The maximum absolute atomic E-state index is 13.1. The summed E-state index contributed by atoms with van der Waals surface area (Å²) >= 11 is 1.57. The van der Waals surface area contributed by atoms with Crippen LogP contribution in [0.15, 0.2) is 71.3 Å². The molecule has 1 aliphatic heterocycles. The predicted octanol–water partition coefficient (Wildman–Crippen LogP) is 4.12. The van der Waals surface area contributed by atoms with Gasteiger partial charge < -0.3 is 10.0 Å². The first kappa shape index (κ1) is 16.8. The van der Waals surface area contributed by atoms with Crippen molar-refractivity contribution in [2.24, 2.45) is 0 Å². The molecular formula is C20H21NO2S. The zero-order valence-corrected chi connectivity index (χ0v) is 14.5. The van der Waals surface area contributed by atoms with E-state index in [1.54, 1.807) is 11.8 Å². The molecule has 2 aromatic carbocycles. The number of hydrogen-bond donors (Lipinski definition) is 1. The van der Waals surface area contributed by atoms with Gasteiger partial charge in [0.25, 0.3) is 0 Å². The van der Waals surface area contributed by atoms with Crippen LogP contribution >= 0.6 is 11.8 Å². The Balaban J connectivity index is 1.95. The Kier molecular flexibility index (Phi) is 5.38. The summed E-state index contributed by atoms with van der Waals surface area (Å²) in [6.07, 6.45) is 0.582. The lowest BCUT2D eigenvalue weighted by atomic mass is 10.1. The van der Waals surface area contributed by atoms with Crippen molar-refractivity contribution in [1.82, 2.24) is 4.90 Å². The van der Waals surface area contributed by atoms with Crippen LogP contribution in [0.2, 0.25) is 0 Å². The third-order valence-corrected chi connectivity index (χ3v) is 5.68. The monoisotopic (exact) mass is 339 g/mol. The Hall–Kier alpha value is -2.04. The topological polar surface area (TPSA) is 40.5 Å². The maximum Gasteiger partial charge on any atom is 0.245 e. The molecule has 0 spiro atoms. The fourth-order valence-electron chi connectivity index (χ4n) is 2.88. The van der Waals surface area contributed by atoms with Crippen molar-refractivity contribution >= 4 is 17.7 Å². The van der Waals surface area contributed by atoms with Gasteiger partial charge in [-0.1, -0.05) is 60.7 Å². The van der Waals surface area contributed by atoms with Crippen LogP contribution < -0.4 is 0 Å². The number of aliphatic hydroxyl groups is 1. The van der Waals surface area contributed by atoms with Gasteiger partial charge in [-0.25, -0.2) is 0 Å². The quantitative estimate of drug-likeness (QED) is 0.891. The number of benzene rings is 2. The second-order valence-corrected chi connectivity index (χ2v) is 7.00.